The van der Waals surface area contributed by atoms with E-state index in [9.17, 15) is 4.39 Å². The van der Waals surface area contributed by atoms with Crippen molar-refractivity contribution in [1.82, 2.24) is 14.9 Å². The summed E-state index contributed by atoms with van der Waals surface area (Å²) in [5.41, 5.74) is 2.08. The van der Waals surface area contributed by atoms with Gasteiger partial charge in [-0.2, -0.15) is 0 Å². The van der Waals surface area contributed by atoms with Crippen LogP contribution < -0.4 is 5.32 Å². The van der Waals surface area contributed by atoms with Crippen molar-refractivity contribution < 1.29 is 4.39 Å². The van der Waals surface area contributed by atoms with Gasteiger partial charge in [0.25, 0.3) is 0 Å². The molecule has 0 bridgehead atoms. The van der Waals surface area contributed by atoms with Gasteiger partial charge in [0.1, 0.15) is 5.82 Å². The number of halogens is 1. The zero-order valence-corrected chi connectivity index (χ0v) is 13.4. The number of aromatic nitrogens is 2. The van der Waals surface area contributed by atoms with Gasteiger partial charge in [0.2, 0.25) is 0 Å². The van der Waals surface area contributed by atoms with Crippen LogP contribution in [-0.4, -0.2) is 16.1 Å². The predicted molar refractivity (Wildman–Crippen MR) is 85.0 cm³/mol. The molecule has 0 aliphatic rings. The third-order valence-corrected chi connectivity index (χ3v) is 4.24. The largest absolute Gasteiger partial charge is 0.309 e. The van der Waals surface area contributed by atoms with E-state index in [1.807, 2.05) is 6.07 Å². The minimum Gasteiger partial charge on any atom is -0.309 e. The second kappa shape index (κ2) is 8.20. The van der Waals surface area contributed by atoms with Crippen LogP contribution in [0.5, 0.6) is 0 Å². The summed E-state index contributed by atoms with van der Waals surface area (Å²) in [6, 6.07) is 6.98. The molecule has 1 heterocycles. The van der Waals surface area contributed by atoms with Crippen molar-refractivity contribution in [2.45, 2.75) is 45.6 Å². The van der Waals surface area contributed by atoms with E-state index in [0.717, 1.165) is 43.5 Å². The minimum absolute atomic E-state index is 0.160. The third-order valence-electron chi connectivity index (χ3n) is 3.36. The van der Waals surface area contributed by atoms with Crippen LogP contribution in [0.1, 0.15) is 48.9 Å². The molecule has 0 radical (unpaired) electrons. The summed E-state index contributed by atoms with van der Waals surface area (Å²) in [4.78, 5) is 1.19. The van der Waals surface area contributed by atoms with E-state index in [1.165, 1.54) is 22.5 Å². The Hall–Kier alpha value is -1.33. The van der Waals surface area contributed by atoms with Crippen molar-refractivity contribution in [2.24, 2.45) is 0 Å². The zero-order chi connectivity index (χ0) is 15.1. The lowest BCUT2D eigenvalue weighted by Crippen LogP contribution is -2.24. The molecular weight excluding hydrogens is 285 g/mol. The van der Waals surface area contributed by atoms with Crippen LogP contribution in [0.25, 0.3) is 0 Å². The Labute approximate surface area is 129 Å². The molecule has 0 saturated heterocycles. The molecule has 1 atom stereocenters. The first-order chi connectivity index (χ1) is 10.2. The highest BCUT2D eigenvalue weighted by atomic mass is 32.1. The molecule has 3 nitrogen and oxygen atoms in total. The van der Waals surface area contributed by atoms with Gasteiger partial charge < -0.3 is 5.32 Å². The fraction of sp³-hybridized carbons (Fsp3) is 0.500. The maximum atomic E-state index is 13.4. The summed E-state index contributed by atoms with van der Waals surface area (Å²) in [5.74, 6) is -0.182. The predicted octanol–water partition coefficient (Wildman–Crippen LogP) is 3.91. The Bertz CT molecular complexity index is 556. The fourth-order valence-corrected chi connectivity index (χ4v) is 3.14. The molecule has 0 amide bonds. The molecule has 1 aromatic heterocycles. The number of rotatable bonds is 8. The second-order valence-electron chi connectivity index (χ2n) is 5.17. The summed E-state index contributed by atoms with van der Waals surface area (Å²) >= 11 is 1.45. The molecule has 5 heteroatoms. The molecule has 1 unspecified atom stereocenters. The first-order valence-electron chi connectivity index (χ1n) is 7.53. The van der Waals surface area contributed by atoms with Crippen molar-refractivity contribution in [3.8, 4) is 0 Å². The van der Waals surface area contributed by atoms with Crippen LogP contribution in [0.15, 0.2) is 24.3 Å². The molecule has 1 N–H and O–H groups in total. The van der Waals surface area contributed by atoms with Crippen molar-refractivity contribution in [3.63, 3.8) is 0 Å². The molecule has 0 aliphatic heterocycles. The topological polar surface area (TPSA) is 37.8 Å². The normalized spacial score (nSPS) is 12.5. The smallest absolute Gasteiger partial charge is 0.123 e. The lowest BCUT2D eigenvalue weighted by atomic mass is 10.0. The van der Waals surface area contributed by atoms with E-state index in [-0.39, 0.29) is 11.9 Å². The van der Waals surface area contributed by atoms with Crippen molar-refractivity contribution in [1.29, 1.82) is 0 Å². The first kappa shape index (κ1) is 16.0. The average molecular weight is 307 g/mol. The minimum atomic E-state index is -0.182. The van der Waals surface area contributed by atoms with Gasteiger partial charge in [0, 0.05) is 6.04 Å². The van der Waals surface area contributed by atoms with E-state index in [2.05, 4.69) is 28.8 Å². The van der Waals surface area contributed by atoms with Crippen LogP contribution in [-0.2, 0) is 12.8 Å². The highest BCUT2D eigenvalue weighted by Crippen LogP contribution is 2.25. The Morgan fingerprint density at radius 3 is 2.86 bits per heavy atom. The monoisotopic (exact) mass is 307 g/mol. The molecule has 114 valence electrons. The molecular formula is C16H22FN3S. The molecule has 0 spiro atoms. The third kappa shape index (κ3) is 4.58. The summed E-state index contributed by atoms with van der Waals surface area (Å²) in [6.07, 6.45) is 3.82. The summed E-state index contributed by atoms with van der Waals surface area (Å²) < 4.78 is 17.5. The molecule has 0 fully saturated rings. The maximum Gasteiger partial charge on any atom is 0.123 e. The number of aryl methyl sites for hydroxylation is 1. The molecule has 0 saturated carbocycles. The van der Waals surface area contributed by atoms with Crippen LogP contribution in [0.4, 0.5) is 4.39 Å². The van der Waals surface area contributed by atoms with Gasteiger partial charge in [-0.15, -0.1) is 5.10 Å². The Morgan fingerprint density at radius 2 is 2.14 bits per heavy atom. The number of hydrogen-bond donors (Lipinski definition) is 1. The molecule has 2 aromatic rings. The van der Waals surface area contributed by atoms with E-state index in [4.69, 9.17) is 0 Å². The number of benzene rings is 1. The molecule has 1 aromatic carbocycles. The Kier molecular flexibility index (Phi) is 6.26. The van der Waals surface area contributed by atoms with Crippen LogP contribution in [0.3, 0.4) is 0 Å². The highest BCUT2D eigenvalue weighted by molar-refractivity contribution is 7.05. The average Bonchev–Trinajstić information content (AvgIpc) is 2.92. The zero-order valence-electron chi connectivity index (χ0n) is 12.6. The fourth-order valence-electron chi connectivity index (χ4n) is 2.37. The van der Waals surface area contributed by atoms with Gasteiger partial charge in [-0.3, -0.25) is 0 Å². The van der Waals surface area contributed by atoms with Crippen LogP contribution in [0, 0.1) is 5.82 Å². The first-order valence-corrected chi connectivity index (χ1v) is 8.30. The van der Waals surface area contributed by atoms with Crippen molar-refractivity contribution >= 4 is 11.5 Å². The highest BCUT2D eigenvalue weighted by Gasteiger charge is 2.19. The van der Waals surface area contributed by atoms with Gasteiger partial charge in [0.15, 0.2) is 0 Å². The number of nitrogens with zero attached hydrogens (tertiary/aromatic N) is 2. The van der Waals surface area contributed by atoms with Crippen LogP contribution in [0.2, 0.25) is 0 Å². The SMILES string of the molecule is CCCNC(Cc1cccc(F)c1)c1snnc1CCC. The van der Waals surface area contributed by atoms with E-state index in [0.29, 0.717) is 0 Å². The van der Waals surface area contributed by atoms with Crippen molar-refractivity contribution in [2.75, 3.05) is 6.54 Å². The second-order valence-corrected chi connectivity index (χ2v) is 5.96. The van der Waals surface area contributed by atoms with E-state index >= 15 is 0 Å². The van der Waals surface area contributed by atoms with Gasteiger partial charge in [-0.25, -0.2) is 4.39 Å². The van der Waals surface area contributed by atoms with E-state index in [1.54, 1.807) is 12.1 Å². The molecule has 0 aliphatic carbocycles. The van der Waals surface area contributed by atoms with Gasteiger partial charge in [0.05, 0.1) is 10.6 Å². The van der Waals surface area contributed by atoms with Gasteiger partial charge in [-0.05, 0) is 55.0 Å². The summed E-state index contributed by atoms with van der Waals surface area (Å²) in [6.45, 7) is 5.22. The quantitative estimate of drug-likeness (QED) is 0.803. The standard InChI is InChI=1S/C16H22FN3S/c1-3-6-14-16(21-20-19-14)15(18-9-4-2)11-12-7-5-8-13(17)10-12/h5,7-8,10,15,18H,3-4,6,9,11H2,1-2H3. The lowest BCUT2D eigenvalue weighted by Gasteiger charge is -2.18. The summed E-state index contributed by atoms with van der Waals surface area (Å²) in [7, 11) is 0. The molecule has 21 heavy (non-hydrogen) atoms. The number of hydrogen-bond acceptors (Lipinski definition) is 4. The number of nitrogens with one attached hydrogen (secondary N) is 1. The van der Waals surface area contributed by atoms with Crippen molar-refractivity contribution in [3.05, 3.63) is 46.2 Å². The Balaban J connectivity index is 2.19. The van der Waals surface area contributed by atoms with Crippen LogP contribution >= 0.6 is 11.5 Å². The molecule has 2 rings (SSSR count). The van der Waals surface area contributed by atoms with E-state index < -0.39 is 0 Å². The summed E-state index contributed by atoms with van der Waals surface area (Å²) in [5, 5.41) is 7.80. The van der Waals surface area contributed by atoms with Gasteiger partial charge in [-0.1, -0.05) is 36.9 Å². The lowest BCUT2D eigenvalue weighted by molar-refractivity contribution is 0.529. The Morgan fingerprint density at radius 1 is 1.29 bits per heavy atom. The maximum absolute atomic E-state index is 13.4. The van der Waals surface area contributed by atoms with Gasteiger partial charge >= 0.3 is 0 Å².